The number of benzene rings is 2. The first-order valence-corrected chi connectivity index (χ1v) is 9.33. The number of amides is 1. The number of para-hydroxylation sites is 1. The summed E-state index contributed by atoms with van der Waals surface area (Å²) in [7, 11) is 0. The van der Waals surface area contributed by atoms with Crippen LogP contribution in [-0.2, 0) is 6.42 Å². The van der Waals surface area contributed by atoms with Crippen LogP contribution in [0.1, 0.15) is 59.1 Å². The molecule has 4 nitrogen and oxygen atoms in total. The Balaban J connectivity index is 1.91. The molecule has 27 heavy (non-hydrogen) atoms. The van der Waals surface area contributed by atoms with Crippen LogP contribution >= 0.6 is 0 Å². The summed E-state index contributed by atoms with van der Waals surface area (Å²) < 4.78 is 0. The van der Waals surface area contributed by atoms with Gasteiger partial charge in [0.05, 0.1) is 6.04 Å². The number of terminal acetylenes is 1. The summed E-state index contributed by atoms with van der Waals surface area (Å²) in [4.78, 5) is 16.2. The lowest BCUT2D eigenvalue weighted by Gasteiger charge is -2.16. The Morgan fingerprint density at radius 1 is 1.30 bits per heavy atom. The van der Waals surface area contributed by atoms with E-state index < -0.39 is 0 Å². The van der Waals surface area contributed by atoms with Gasteiger partial charge in [0, 0.05) is 39.0 Å². The van der Waals surface area contributed by atoms with Gasteiger partial charge in [-0.15, -0.1) is 6.42 Å². The summed E-state index contributed by atoms with van der Waals surface area (Å²) in [5, 5.41) is 4.27. The second-order valence-electron chi connectivity index (χ2n) is 7.36. The summed E-state index contributed by atoms with van der Waals surface area (Å²) in [5.74, 6) is 3.00. The van der Waals surface area contributed by atoms with Crippen LogP contribution in [0.4, 0.5) is 5.69 Å². The Hall–Kier alpha value is -3.19. The molecule has 1 amide bonds. The first-order chi connectivity index (χ1) is 13.0. The predicted molar refractivity (Wildman–Crippen MR) is 110 cm³/mol. The lowest BCUT2D eigenvalue weighted by Crippen LogP contribution is -2.21. The van der Waals surface area contributed by atoms with Gasteiger partial charge < -0.3 is 16.0 Å². The predicted octanol–water partition coefficient (Wildman–Crippen LogP) is 4.15. The number of carbonyl (C=O) groups is 1. The number of aromatic nitrogens is 1. The fourth-order valence-electron chi connectivity index (χ4n) is 3.91. The molecule has 0 saturated carbocycles. The number of aromatic amines is 1. The van der Waals surface area contributed by atoms with Crippen LogP contribution in [0.2, 0.25) is 0 Å². The molecule has 1 aromatic heterocycles. The number of nitrogens with one attached hydrogen (secondary N) is 2. The fraction of sp³-hybridized carbons (Fsp3) is 0.261. The minimum Gasteiger partial charge on any atom is -0.398 e. The van der Waals surface area contributed by atoms with Crippen molar-refractivity contribution in [3.05, 3.63) is 64.3 Å². The second-order valence-corrected chi connectivity index (χ2v) is 7.36. The van der Waals surface area contributed by atoms with Crippen LogP contribution in [-0.4, -0.2) is 10.9 Å². The molecular weight excluding hydrogens is 334 g/mol. The number of carbonyl (C=O) groups excluding carboxylic acids is 1. The van der Waals surface area contributed by atoms with E-state index in [-0.39, 0.29) is 11.9 Å². The maximum Gasteiger partial charge on any atom is 0.252 e. The van der Waals surface area contributed by atoms with Crippen LogP contribution in [0.3, 0.4) is 0 Å². The third kappa shape index (κ3) is 2.76. The SMILES string of the molecule is C#Cc1cc2c(cc1N)C(c1c(CC(C)CC)[nH]c3ccccc13)NC2=O. The minimum absolute atomic E-state index is 0.105. The van der Waals surface area contributed by atoms with Gasteiger partial charge in [-0.05, 0) is 36.1 Å². The molecule has 4 rings (SSSR count). The van der Waals surface area contributed by atoms with Crippen molar-refractivity contribution in [1.29, 1.82) is 0 Å². The molecule has 0 bridgehead atoms. The van der Waals surface area contributed by atoms with E-state index in [4.69, 9.17) is 12.2 Å². The third-order valence-electron chi connectivity index (χ3n) is 5.57. The third-order valence-corrected chi connectivity index (χ3v) is 5.57. The number of fused-ring (bicyclic) bond motifs is 2. The van der Waals surface area contributed by atoms with Crippen molar-refractivity contribution >= 4 is 22.5 Å². The average molecular weight is 357 g/mol. The Labute approximate surface area is 159 Å². The molecule has 1 aliphatic rings. The fourth-order valence-corrected chi connectivity index (χ4v) is 3.91. The van der Waals surface area contributed by atoms with E-state index in [1.54, 1.807) is 6.07 Å². The number of rotatable bonds is 4. The van der Waals surface area contributed by atoms with Crippen molar-refractivity contribution in [2.24, 2.45) is 5.92 Å². The van der Waals surface area contributed by atoms with Crippen LogP contribution in [0.25, 0.3) is 10.9 Å². The molecule has 0 spiro atoms. The van der Waals surface area contributed by atoms with Crippen molar-refractivity contribution in [1.82, 2.24) is 10.3 Å². The molecule has 2 aromatic carbocycles. The molecule has 0 aliphatic carbocycles. The van der Waals surface area contributed by atoms with Crippen LogP contribution < -0.4 is 11.1 Å². The summed E-state index contributed by atoms with van der Waals surface area (Å²) in [5.41, 5.74) is 12.1. The first kappa shape index (κ1) is 17.2. The molecule has 0 fully saturated rings. The second kappa shape index (κ2) is 6.51. The van der Waals surface area contributed by atoms with Crippen molar-refractivity contribution in [3.8, 4) is 12.3 Å². The Morgan fingerprint density at radius 3 is 2.81 bits per heavy atom. The van der Waals surface area contributed by atoms with Gasteiger partial charge in [0.2, 0.25) is 0 Å². The van der Waals surface area contributed by atoms with Crippen LogP contribution in [0, 0.1) is 18.3 Å². The van der Waals surface area contributed by atoms with Gasteiger partial charge >= 0.3 is 0 Å². The highest BCUT2D eigenvalue weighted by atomic mass is 16.2. The van der Waals surface area contributed by atoms with Crippen molar-refractivity contribution in [2.45, 2.75) is 32.7 Å². The topological polar surface area (TPSA) is 70.9 Å². The van der Waals surface area contributed by atoms with Gasteiger partial charge in [0.1, 0.15) is 0 Å². The highest BCUT2D eigenvalue weighted by molar-refractivity contribution is 6.02. The van der Waals surface area contributed by atoms with E-state index in [0.29, 0.717) is 22.7 Å². The zero-order chi connectivity index (χ0) is 19.1. The smallest absolute Gasteiger partial charge is 0.252 e. The van der Waals surface area contributed by atoms with Crippen LogP contribution in [0.15, 0.2) is 36.4 Å². The molecular formula is C23H23N3O. The number of hydrogen-bond acceptors (Lipinski definition) is 2. The van der Waals surface area contributed by atoms with Gasteiger partial charge in [-0.3, -0.25) is 4.79 Å². The van der Waals surface area contributed by atoms with E-state index in [1.807, 2.05) is 18.2 Å². The molecule has 0 saturated heterocycles. The van der Waals surface area contributed by atoms with Crippen molar-refractivity contribution in [3.63, 3.8) is 0 Å². The standard InChI is InChI=1S/C23H23N3O/c1-4-13(3)10-20-21(15-8-6-7-9-19(15)25-20)22-16-12-18(24)14(5-2)11-17(16)23(27)26-22/h2,6-9,11-13,22,25H,4,10,24H2,1,3H3,(H,26,27). The molecule has 2 atom stereocenters. The number of H-pyrrole nitrogens is 1. The molecule has 4 heteroatoms. The average Bonchev–Trinajstić information content (AvgIpc) is 3.17. The van der Waals surface area contributed by atoms with Gasteiger partial charge in [-0.25, -0.2) is 0 Å². The molecule has 1 aliphatic heterocycles. The lowest BCUT2D eigenvalue weighted by atomic mass is 9.91. The molecule has 136 valence electrons. The van der Waals surface area contributed by atoms with E-state index in [1.165, 1.54) is 5.69 Å². The quantitative estimate of drug-likeness (QED) is 0.485. The molecule has 2 unspecified atom stereocenters. The molecule has 3 aromatic rings. The summed E-state index contributed by atoms with van der Waals surface area (Å²) in [6.07, 6.45) is 7.55. The maximum absolute atomic E-state index is 12.6. The van der Waals surface area contributed by atoms with Crippen molar-refractivity contribution < 1.29 is 4.79 Å². The Bertz CT molecular complexity index is 1090. The number of hydrogen-bond donors (Lipinski definition) is 3. The van der Waals surface area contributed by atoms with Gasteiger partial charge in [0.25, 0.3) is 5.91 Å². The van der Waals surface area contributed by atoms with Gasteiger partial charge in [-0.1, -0.05) is 44.4 Å². The molecule has 2 heterocycles. The van der Waals surface area contributed by atoms with E-state index in [9.17, 15) is 4.79 Å². The Kier molecular flexibility index (Phi) is 4.16. The monoisotopic (exact) mass is 357 g/mol. The summed E-state index contributed by atoms with van der Waals surface area (Å²) in [6, 6.07) is 11.6. The van der Waals surface area contributed by atoms with E-state index >= 15 is 0 Å². The number of nitrogens with two attached hydrogens (primary N) is 1. The van der Waals surface area contributed by atoms with Gasteiger partial charge in [-0.2, -0.15) is 0 Å². The first-order valence-electron chi connectivity index (χ1n) is 9.33. The van der Waals surface area contributed by atoms with Crippen LogP contribution in [0.5, 0.6) is 0 Å². The zero-order valence-electron chi connectivity index (χ0n) is 15.6. The largest absolute Gasteiger partial charge is 0.398 e. The summed E-state index contributed by atoms with van der Waals surface area (Å²) in [6.45, 7) is 4.44. The normalized spacial score (nSPS) is 16.8. The van der Waals surface area contributed by atoms with Crippen molar-refractivity contribution in [2.75, 3.05) is 5.73 Å². The zero-order valence-corrected chi connectivity index (χ0v) is 15.6. The molecule has 0 radical (unpaired) electrons. The Morgan fingerprint density at radius 2 is 2.07 bits per heavy atom. The number of anilines is 1. The maximum atomic E-state index is 12.6. The molecule has 4 N–H and O–H groups in total. The highest BCUT2D eigenvalue weighted by Gasteiger charge is 2.34. The highest BCUT2D eigenvalue weighted by Crippen LogP contribution is 2.39. The van der Waals surface area contributed by atoms with Gasteiger partial charge in [0.15, 0.2) is 0 Å². The van der Waals surface area contributed by atoms with E-state index in [0.717, 1.165) is 34.9 Å². The number of nitrogen functional groups attached to an aromatic ring is 1. The minimum atomic E-state index is -0.225. The summed E-state index contributed by atoms with van der Waals surface area (Å²) >= 11 is 0. The lowest BCUT2D eigenvalue weighted by molar-refractivity contribution is 0.0960. The van der Waals surface area contributed by atoms with E-state index in [2.05, 4.69) is 42.2 Å².